The van der Waals surface area contributed by atoms with Crippen molar-refractivity contribution in [3.63, 3.8) is 0 Å². The van der Waals surface area contributed by atoms with Crippen molar-refractivity contribution in [1.82, 2.24) is 10.2 Å². The van der Waals surface area contributed by atoms with Crippen molar-refractivity contribution in [1.29, 1.82) is 0 Å². The maximum absolute atomic E-state index is 12.4. The molecule has 5 heteroatoms. The highest BCUT2D eigenvalue weighted by atomic mass is 16.5. The van der Waals surface area contributed by atoms with E-state index in [1.165, 1.54) is 6.92 Å². The fourth-order valence-electron chi connectivity index (χ4n) is 2.56. The van der Waals surface area contributed by atoms with Crippen LogP contribution in [0.4, 0.5) is 0 Å². The second-order valence-electron chi connectivity index (χ2n) is 5.73. The Kier molecular flexibility index (Phi) is 5.79. The summed E-state index contributed by atoms with van der Waals surface area (Å²) in [4.78, 5) is 25.4. The van der Waals surface area contributed by atoms with Gasteiger partial charge in [-0.05, 0) is 39.5 Å². The quantitative estimate of drug-likeness (QED) is 0.816. The van der Waals surface area contributed by atoms with Crippen LogP contribution in [0.25, 0.3) is 0 Å². The number of likely N-dealkylation sites (tertiary alicyclic amines) is 1. The van der Waals surface area contributed by atoms with Gasteiger partial charge in [0.1, 0.15) is 5.54 Å². The molecule has 1 N–H and O–H groups in total. The highest BCUT2D eigenvalue weighted by molar-refractivity contribution is 5.90. The van der Waals surface area contributed by atoms with Gasteiger partial charge in [0.25, 0.3) is 0 Å². The Balaban J connectivity index is 2.58. The third-order valence-electron chi connectivity index (χ3n) is 3.39. The van der Waals surface area contributed by atoms with E-state index in [2.05, 4.69) is 5.32 Å². The van der Waals surface area contributed by atoms with Gasteiger partial charge in [-0.2, -0.15) is 0 Å². The van der Waals surface area contributed by atoms with E-state index in [1.807, 2.05) is 11.8 Å². The third kappa shape index (κ3) is 4.82. The molecule has 1 atom stereocenters. The van der Waals surface area contributed by atoms with Crippen molar-refractivity contribution in [2.75, 3.05) is 26.3 Å². The molecule has 1 unspecified atom stereocenters. The van der Waals surface area contributed by atoms with Crippen LogP contribution in [0.3, 0.4) is 0 Å². The smallest absolute Gasteiger partial charge is 0.247 e. The number of carbonyl (C=O) groups is 2. The molecule has 110 valence electrons. The summed E-state index contributed by atoms with van der Waals surface area (Å²) in [7, 11) is 0. The van der Waals surface area contributed by atoms with Gasteiger partial charge in [0.2, 0.25) is 11.8 Å². The molecule has 19 heavy (non-hydrogen) atoms. The number of nitrogens with one attached hydrogen (secondary N) is 1. The van der Waals surface area contributed by atoms with Gasteiger partial charge in [-0.1, -0.05) is 0 Å². The van der Waals surface area contributed by atoms with Crippen LogP contribution in [0.2, 0.25) is 0 Å². The molecule has 5 nitrogen and oxygen atoms in total. The fraction of sp³-hybridized carbons (Fsp3) is 0.857. The first-order chi connectivity index (χ1) is 8.86. The maximum atomic E-state index is 12.4. The standard InChI is InChI=1S/C14H26N2O3/c1-5-19-10-12-7-6-8-16(9-12)13(18)14(3,4)15-11(2)17/h12H,5-10H2,1-4H3,(H,15,17). The number of hydrogen-bond acceptors (Lipinski definition) is 3. The summed E-state index contributed by atoms with van der Waals surface area (Å²) < 4.78 is 5.44. The van der Waals surface area contributed by atoms with Gasteiger partial charge in [-0.15, -0.1) is 0 Å². The summed E-state index contributed by atoms with van der Waals surface area (Å²) in [6.07, 6.45) is 2.10. The van der Waals surface area contributed by atoms with Crippen molar-refractivity contribution >= 4 is 11.8 Å². The minimum atomic E-state index is -0.834. The Morgan fingerprint density at radius 2 is 2.11 bits per heavy atom. The lowest BCUT2D eigenvalue weighted by Gasteiger charge is -2.37. The van der Waals surface area contributed by atoms with Crippen LogP contribution >= 0.6 is 0 Å². The summed E-state index contributed by atoms with van der Waals surface area (Å²) in [6, 6.07) is 0. The number of carbonyl (C=O) groups excluding carboxylic acids is 2. The Hall–Kier alpha value is -1.10. The van der Waals surface area contributed by atoms with Crippen LogP contribution in [0.5, 0.6) is 0 Å². The SMILES string of the molecule is CCOCC1CCCN(C(=O)C(C)(C)NC(C)=O)C1. The number of amides is 2. The molecule has 1 fully saturated rings. The Bertz CT molecular complexity index is 329. The van der Waals surface area contributed by atoms with E-state index in [9.17, 15) is 9.59 Å². The molecule has 0 aliphatic carbocycles. The molecule has 1 rings (SSSR count). The normalized spacial score (nSPS) is 20.2. The fourth-order valence-corrected chi connectivity index (χ4v) is 2.56. The summed E-state index contributed by atoms with van der Waals surface area (Å²) in [5.74, 6) is 0.218. The van der Waals surface area contributed by atoms with E-state index in [0.29, 0.717) is 19.1 Å². The molecule has 1 heterocycles. The molecule has 0 spiro atoms. The predicted molar refractivity (Wildman–Crippen MR) is 73.7 cm³/mol. The first-order valence-electron chi connectivity index (χ1n) is 7.02. The molecule has 1 aliphatic heterocycles. The average Bonchev–Trinajstić information content (AvgIpc) is 2.34. The summed E-state index contributed by atoms with van der Waals surface area (Å²) in [5, 5.41) is 2.71. The van der Waals surface area contributed by atoms with Gasteiger partial charge in [-0.25, -0.2) is 0 Å². The minimum absolute atomic E-state index is 0.0103. The first kappa shape index (κ1) is 16.0. The third-order valence-corrected chi connectivity index (χ3v) is 3.39. The Labute approximate surface area is 115 Å². The molecule has 0 bridgehead atoms. The number of rotatable bonds is 5. The van der Waals surface area contributed by atoms with Crippen molar-refractivity contribution in [3.05, 3.63) is 0 Å². The lowest BCUT2D eigenvalue weighted by atomic mass is 9.95. The second kappa shape index (κ2) is 6.89. The largest absolute Gasteiger partial charge is 0.381 e. The maximum Gasteiger partial charge on any atom is 0.247 e. The second-order valence-corrected chi connectivity index (χ2v) is 5.73. The van der Waals surface area contributed by atoms with Gasteiger partial charge in [-0.3, -0.25) is 9.59 Å². The zero-order valence-electron chi connectivity index (χ0n) is 12.5. The zero-order chi connectivity index (χ0) is 14.5. The van der Waals surface area contributed by atoms with Crippen LogP contribution in [-0.2, 0) is 14.3 Å². The van der Waals surface area contributed by atoms with E-state index in [1.54, 1.807) is 13.8 Å². The first-order valence-corrected chi connectivity index (χ1v) is 7.02. The van der Waals surface area contributed by atoms with Crippen molar-refractivity contribution < 1.29 is 14.3 Å². The molecule has 0 aromatic heterocycles. The molecule has 1 aliphatic rings. The van der Waals surface area contributed by atoms with Crippen molar-refractivity contribution in [3.8, 4) is 0 Å². The molecule has 1 saturated heterocycles. The van der Waals surface area contributed by atoms with Gasteiger partial charge in [0.15, 0.2) is 0 Å². The molecular formula is C14H26N2O3. The monoisotopic (exact) mass is 270 g/mol. The summed E-state index contributed by atoms with van der Waals surface area (Å²) >= 11 is 0. The molecule has 2 amide bonds. The minimum Gasteiger partial charge on any atom is -0.381 e. The highest BCUT2D eigenvalue weighted by Gasteiger charge is 2.35. The number of piperidine rings is 1. The van der Waals surface area contributed by atoms with Crippen LogP contribution in [0, 0.1) is 5.92 Å². The molecule has 0 saturated carbocycles. The zero-order valence-corrected chi connectivity index (χ0v) is 12.5. The van der Waals surface area contributed by atoms with E-state index in [-0.39, 0.29) is 11.8 Å². The van der Waals surface area contributed by atoms with Crippen LogP contribution in [0.15, 0.2) is 0 Å². The Morgan fingerprint density at radius 3 is 2.68 bits per heavy atom. The van der Waals surface area contributed by atoms with Gasteiger partial charge >= 0.3 is 0 Å². The van der Waals surface area contributed by atoms with Gasteiger partial charge in [0.05, 0.1) is 6.61 Å². The molecule has 0 aromatic carbocycles. The van der Waals surface area contributed by atoms with E-state index in [0.717, 1.165) is 25.9 Å². The average molecular weight is 270 g/mol. The lowest BCUT2D eigenvalue weighted by molar-refractivity contribution is -0.142. The van der Waals surface area contributed by atoms with E-state index >= 15 is 0 Å². The number of hydrogen-bond donors (Lipinski definition) is 1. The van der Waals surface area contributed by atoms with Gasteiger partial charge < -0.3 is 15.0 Å². The molecular weight excluding hydrogens is 244 g/mol. The summed E-state index contributed by atoms with van der Waals surface area (Å²) in [6.45, 7) is 9.83. The topological polar surface area (TPSA) is 58.6 Å². The summed E-state index contributed by atoms with van der Waals surface area (Å²) in [5.41, 5.74) is -0.834. The van der Waals surface area contributed by atoms with Gasteiger partial charge in [0, 0.05) is 26.6 Å². The Morgan fingerprint density at radius 1 is 1.42 bits per heavy atom. The van der Waals surface area contributed by atoms with Crippen LogP contribution < -0.4 is 5.32 Å². The molecule has 0 aromatic rings. The van der Waals surface area contributed by atoms with Crippen LogP contribution in [0.1, 0.15) is 40.5 Å². The molecule has 0 radical (unpaired) electrons. The van der Waals surface area contributed by atoms with E-state index in [4.69, 9.17) is 4.74 Å². The van der Waals surface area contributed by atoms with E-state index < -0.39 is 5.54 Å². The number of ether oxygens (including phenoxy) is 1. The number of nitrogens with zero attached hydrogens (tertiary/aromatic N) is 1. The van der Waals surface area contributed by atoms with Crippen LogP contribution in [-0.4, -0.2) is 48.6 Å². The van der Waals surface area contributed by atoms with Crippen molar-refractivity contribution in [2.45, 2.75) is 46.1 Å². The predicted octanol–water partition coefficient (Wildman–Crippen LogP) is 1.18. The highest BCUT2D eigenvalue weighted by Crippen LogP contribution is 2.20. The van der Waals surface area contributed by atoms with Crippen molar-refractivity contribution in [2.24, 2.45) is 5.92 Å². The lowest BCUT2D eigenvalue weighted by Crippen LogP contribution is -2.57.